The molecule has 1 aromatic carbocycles. The molecular formula is C13H16N2O2. The summed E-state index contributed by atoms with van der Waals surface area (Å²) in [6.45, 7) is 2.01. The van der Waals surface area contributed by atoms with Crippen molar-refractivity contribution in [2.75, 3.05) is 18.2 Å². The van der Waals surface area contributed by atoms with E-state index in [4.69, 9.17) is 14.9 Å². The monoisotopic (exact) mass is 232 g/mol. The molecule has 1 aromatic heterocycles. The SMILES string of the molecule is COc1ccc(N)c(NC(C)c2ccco2)c1. The number of ether oxygens (including phenoxy) is 1. The molecule has 0 aliphatic heterocycles. The van der Waals surface area contributed by atoms with Crippen molar-refractivity contribution in [1.29, 1.82) is 0 Å². The van der Waals surface area contributed by atoms with Gasteiger partial charge < -0.3 is 20.2 Å². The zero-order valence-corrected chi connectivity index (χ0v) is 9.94. The van der Waals surface area contributed by atoms with Crippen molar-refractivity contribution in [2.24, 2.45) is 0 Å². The maximum atomic E-state index is 5.90. The van der Waals surface area contributed by atoms with Gasteiger partial charge in [-0.25, -0.2) is 0 Å². The van der Waals surface area contributed by atoms with E-state index in [1.165, 1.54) is 0 Å². The minimum atomic E-state index is 0.0550. The topological polar surface area (TPSA) is 60.4 Å². The zero-order chi connectivity index (χ0) is 12.3. The van der Waals surface area contributed by atoms with E-state index >= 15 is 0 Å². The van der Waals surface area contributed by atoms with Gasteiger partial charge in [-0.2, -0.15) is 0 Å². The van der Waals surface area contributed by atoms with E-state index in [0.717, 1.165) is 17.2 Å². The zero-order valence-electron chi connectivity index (χ0n) is 9.94. The van der Waals surface area contributed by atoms with Gasteiger partial charge in [-0.1, -0.05) is 0 Å². The highest BCUT2D eigenvalue weighted by molar-refractivity contribution is 5.68. The molecule has 2 aromatic rings. The first kappa shape index (κ1) is 11.4. The molecule has 0 bridgehead atoms. The first-order valence-electron chi connectivity index (χ1n) is 5.44. The molecule has 0 saturated heterocycles. The third-order valence-electron chi connectivity index (χ3n) is 2.60. The summed E-state index contributed by atoms with van der Waals surface area (Å²) < 4.78 is 10.5. The Bertz CT molecular complexity index is 480. The number of hydrogen-bond acceptors (Lipinski definition) is 4. The van der Waals surface area contributed by atoms with Crippen LogP contribution in [0.1, 0.15) is 18.7 Å². The highest BCUT2D eigenvalue weighted by Gasteiger charge is 2.10. The van der Waals surface area contributed by atoms with Crippen LogP contribution in [0.2, 0.25) is 0 Å². The molecule has 3 N–H and O–H groups in total. The Morgan fingerprint density at radius 3 is 2.82 bits per heavy atom. The molecule has 1 heterocycles. The van der Waals surface area contributed by atoms with Gasteiger partial charge >= 0.3 is 0 Å². The average Bonchev–Trinajstić information content (AvgIpc) is 2.85. The molecule has 0 spiro atoms. The molecule has 0 radical (unpaired) electrons. The van der Waals surface area contributed by atoms with Crippen molar-refractivity contribution < 1.29 is 9.15 Å². The predicted molar refractivity (Wildman–Crippen MR) is 68.2 cm³/mol. The first-order chi connectivity index (χ1) is 8.20. The number of nitrogens with two attached hydrogens (primary N) is 1. The van der Waals surface area contributed by atoms with Crippen LogP contribution < -0.4 is 15.8 Å². The fourth-order valence-corrected chi connectivity index (χ4v) is 1.63. The molecule has 0 fully saturated rings. The van der Waals surface area contributed by atoms with E-state index < -0.39 is 0 Å². The van der Waals surface area contributed by atoms with Crippen LogP contribution in [0.25, 0.3) is 0 Å². The van der Waals surface area contributed by atoms with Crippen LogP contribution in [0.3, 0.4) is 0 Å². The number of anilines is 2. The summed E-state index contributed by atoms with van der Waals surface area (Å²) in [4.78, 5) is 0. The van der Waals surface area contributed by atoms with Gasteiger partial charge in [-0.05, 0) is 31.2 Å². The number of furan rings is 1. The van der Waals surface area contributed by atoms with Gasteiger partial charge in [0.15, 0.2) is 0 Å². The second-order valence-corrected chi connectivity index (χ2v) is 3.83. The summed E-state index contributed by atoms with van der Waals surface area (Å²) in [5.74, 6) is 1.64. The molecule has 4 heteroatoms. The number of hydrogen-bond donors (Lipinski definition) is 2. The Morgan fingerprint density at radius 2 is 2.18 bits per heavy atom. The highest BCUT2D eigenvalue weighted by Crippen LogP contribution is 2.28. The van der Waals surface area contributed by atoms with E-state index in [9.17, 15) is 0 Å². The molecule has 90 valence electrons. The third-order valence-corrected chi connectivity index (χ3v) is 2.60. The normalized spacial score (nSPS) is 12.1. The summed E-state index contributed by atoms with van der Waals surface area (Å²) in [5, 5.41) is 3.29. The van der Waals surface area contributed by atoms with E-state index in [1.54, 1.807) is 13.4 Å². The Kier molecular flexibility index (Phi) is 3.23. The molecule has 17 heavy (non-hydrogen) atoms. The van der Waals surface area contributed by atoms with Crippen molar-refractivity contribution in [2.45, 2.75) is 13.0 Å². The van der Waals surface area contributed by atoms with E-state index in [2.05, 4.69) is 5.32 Å². The van der Waals surface area contributed by atoms with Crippen LogP contribution in [-0.4, -0.2) is 7.11 Å². The van der Waals surface area contributed by atoms with Gasteiger partial charge in [0.05, 0.1) is 30.8 Å². The highest BCUT2D eigenvalue weighted by atomic mass is 16.5. The molecule has 0 aliphatic carbocycles. The lowest BCUT2D eigenvalue weighted by Crippen LogP contribution is -2.07. The van der Waals surface area contributed by atoms with Gasteiger partial charge in [-0.15, -0.1) is 0 Å². The van der Waals surface area contributed by atoms with E-state index in [1.807, 2.05) is 37.3 Å². The first-order valence-corrected chi connectivity index (χ1v) is 5.44. The Labute approximate surface area is 100 Å². The Morgan fingerprint density at radius 1 is 1.35 bits per heavy atom. The summed E-state index contributed by atoms with van der Waals surface area (Å²) in [7, 11) is 1.63. The molecule has 0 amide bonds. The average molecular weight is 232 g/mol. The minimum Gasteiger partial charge on any atom is -0.497 e. The second-order valence-electron chi connectivity index (χ2n) is 3.83. The Balaban J connectivity index is 2.18. The number of nitrogens with one attached hydrogen (secondary N) is 1. The quantitative estimate of drug-likeness (QED) is 0.795. The smallest absolute Gasteiger partial charge is 0.125 e. The van der Waals surface area contributed by atoms with Crippen LogP contribution in [0.5, 0.6) is 5.75 Å². The Hall–Kier alpha value is -2.10. The van der Waals surface area contributed by atoms with Gasteiger partial charge in [0.1, 0.15) is 11.5 Å². The van der Waals surface area contributed by atoms with Crippen molar-refractivity contribution in [3.63, 3.8) is 0 Å². The largest absolute Gasteiger partial charge is 0.497 e. The van der Waals surface area contributed by atoms with E-state index in [-0.39, 0.29) is 6.04 Å². The lowest BCUT2D eigenvalue weighted by molar-refractivity contribution is 0.415. The maximum absolute atomic E-state index is 5.90. The number of methoxy groups -OCH3 is 1. The van der Waals surface area contributed by atoms with Crippen molar-refractivity contribution in [1.82, 2.24) is 0 Å². The molecule has 1 unspecified atom stereocenters. The fourth-order valence-electron chi connectivity index (χ4n) is 1.63. The molecule has 4 nitrogen and oxygen atoms in total. The van der Waals surface area contributed by atoms with E-state index in [0.29, 0.717) is 5.69 Å². The van der Waals surface area contributed by atoms with Crippen LogP contribution in [-0.2, 0) is 0 Å². The standard InChI is InChI=1S/C13H16N2O2/c1-9(13-4-3-7-17-13)15-12-8-10(16-2)5-6-11(12)14/h3-9,15H,14H2,1-2H3. The lowest BCUT2D eigenvalue weighted by Gasteiger charge is -2.15. The molecule has 2 rings (SSSR count). The van der Waals surface area contributed by atoms with Gasteiger partial charge in [0, 0.05) is 6.07 Å². The van der Waals surface area contributed by atoms with Crippen LogP contribution in [0.15, 0.2) is 41.0 Å². The van der Waals surface area contributed by atoms with Gasteiger partial charge in [0.2, 0.25) is 0 Å². The summed E-state index contributed by atoms with van der Waals surface area (Å²) >= 11 is 0. The summed E-state index contributed by atoms with van der Waals surface area (Å²) in [6, 6.07) is 9.36. The second kappa shape index (κ2) is 4.82. The van der Waals surface area contributed by atoms with Crippen molar-refractivity contribution >= 4 is 11.4 Å². The van der Waals surface area contributed by atoms with Crippen LogP contribution >= 0.6 is 0 Å². The molecule has 1 atom stereocenters. The maximum Gasteiger partial charge on any atom is 0.125 e. The predicted octanol–water partition coefficient (Wildman–Crippen LogP) is 3.04. The molecule has 0 saturated carbocycles. The van der Waals surface area contributed by atoms with Gasteiger partial charge in [0.25, 0.3) is 0 Å². The number of benzene rings is 1. The third kappa shape index (κ3) is 2.53. The number of rotatable bonds is 4. The van der Waals surface area contributed by atoms with Crippen LogP contribution in [0, 0.1) is 0 Å². The van der Waals surface area contributed by atoms with Crippen molar-refractivity contribution in [3.8, 4) is 5.75 Å². The van der Waals surface area contributed by atoms with Gasteiger partial charge in [-0.3, -0.25) is 0 Å². The van der Waals surface area contributed by atoms with Crippen molar-refractivity contribution in [3.05, 3.63) is 42.4 Å². The van der Waals surface area contributed by atoms with Crippen LogP contribution in [0.4, 0.5) is 11.4 Å². The number of nitrogen functional groups attached to an aromatic ring is 1. The molecular weight excluding hydrogens is 216 g/mol. The fraction of sp³-hybridized carbons (Fsp3) is 0.231. The molecule has 0 aliphatic rings. The summed E-state index contributed by atoms with van der Waals surface area (Å²) in [6.07, 6.45) is 1.66. The summed E-state index contributed by atoms with van der Waals surface area (Å²) in [5.41, 5.74) is 7.42. The minimum absolute atomic E-state index is 0.0550. The lowest BCUT2D eigenvalue weighted by atomic mass is 10.2.